The second kappa shape index (κ2) is 9.47. The first-order chi connectivity index (χ1) is 19.5. The molecule has 0 bridgehead atoms. The van der Waals surface area contributed by atoms with Gasteiger partial charge in [-0.2, -0.15) is 0 Å². The molecule has 0 saturated carbocycles. The first-order valence-electron chi connectivity index (χ1n) is 13.1. The molecule has 7 rings (SSSR count). The van der Waals surface area contributed by atoms with Gasteiger partial charge < -0.3 is 20.1 Å². The molecule has 196 valence electrons. The number of benzene rings is 5. The number of nitrogens with one attached hydrogen (secondary N) is 2. The molecule has 0 amide bonds. The van der Waals surface area contributed by atoms with Crippen molar-refractivity contribution in [1.29, 1.82) is 0 Å². The Bertz CT molecular complexity index is 1790. The predicted octanol–water partition coefficient (Wildman–Crippen LogP) is 8.57. The normalized spacial score (nSPS) is 16.4. The molecule has 5 nitrogen and oxygen atoms in total. The van der Waals surface area contributed by atoms with Crippen LogP contribution in [-0.2, 0) is 16.9 Å². The van der Waals surface area contributed by atoms with Gasteiger partial charge in [0, 0.05) is 40.2 Å². The van der Waals surface area contributed by atoms with Crippen molar-refractivity contribution in [2.45, 2.75) is 19.1 Å². The van der Waals surface area contributed by atoms with Crippen molar-refractivity contribution in [3.8, 4) is 11.5 Å². The molecule has 0 aromatic heterocycles. The molecule has 1 atom stereocenters. The molecule has 40 heavy (non-hydrogen) atoms. The van der Waals surface area contributed by atoms with Crippen LogP contribution in [0.3, 0.4) is 0 Å². The number of ether oxygens (including phenoxy) is 2. The van der Waals surface area contributed by atoms with Gasteiger partial charge in [-0.05, 0) is 61.0 Å². The summed E-state index contributed by atoms with van der Waals surface area (Å²) in [5.74, 6) is 0.953. The molecule has 0 saturated heterocycles. The van der Waals surface area contributed by atoms with E-state index in [4.69, 9.17) is 21.1 Å². The lowest BCUT2D eigenvalue weighted by Gasteiger charge is -2.37. The fourth-order valence-corrected chi connectivity index (χ4v) is 5.83. The summed E-state index contributed by atoms with van der Waals surface area (Å²) >= 11 is 6.43. The molecular weight excluding hydrogens is 520 g/mol. The molecule has 0 aliphatic carbocycles. The molecule has 1 unspecified atom stereocenters. The lowest BCUT2D eigenvalue weighted by Crippen LogP contribution is -2.33. The van der Waals surface area contributed by atoms with Crippen LogP contribution in [0.15, 0.2) is 109 Å². The highest BCUT2D eigenvalue weighted by molar-refractivity contribution is 6.33. The molecule has 0 fully saturated rings. The summed E-state index contributed by atoms with van der Waals surface area (Å²) in [7, 11) is 0. The SMILES string of the molecule is Cc1c(NCc2ccccc2)ccc2c1Oc1ccc(Nc3ccccc3Cl)cc1C21OC(=O)c2ccccc21. The molecule has 2 aliphatic heterocycles. The first kappa shape index (κ1) is 24.3. The number of para-hydroxylation sites is 1. The van der Waals surface area contributed by atoms with E-state index in [1.807, 2.05) is 104 Å². The van der Waals surface area contributed by atoms with Gasteiger partial charge in [0.15, 0.2) is 5.60 Å². The van der Waals surface area contributed by atoms with Crippen LogP contribution in [0.5, 0.6) is 11.5 Å². The van der Waals surface area contributed by atoms with E-state index >= 15 is 0 Å². The van der Waals surface area contributed by atoms with Crippen molar-refractivity contribution in [2.75, 3.05) is 10.6 Å². The first-order valence-corrected chi connectivity index (χ1v) is 13.5. The van der Waals surface area contributed by atoms with Gasteiger partial charge in [-0.15, -0.1) is 0 Å². The Hall–Kier alpha value is -4.74. The van der Waals surface area contributed by atoms with E-state index in [-0.39, 0.29) is 5.97 Å². The van der Waals surface area contributed by atoms with E-state index in [9.17, 15) is 4.79 Å². The Balaban J connectivity index is 1.37. The number of esters is 1. The Morgan fingerprint density at radius 3 is 2.40 bits per heavy atom. The Morgan fingerprint density at radius 2 is 1.55 bits per heavy atom. The van der Waals surface area contributed by atoms with Gasteiger partial charge >= 0.3 is 5.97 Å². The van der Waals surface area contributed by atoms with E-state index < -0.39 is 5.60 Å². The summed E-state index contributed by atoms with van der Waals surface area (Å²) in [6.45, 7) is 2.71. The third kappa shape index (κ3) is 3.81. The fraction of sp³-hybridized carbons (Fsp3) is 0.0882. The average Bonchev–Trinajstić information content (AvgIpc) is 3.28. The minimum atomic E-state index is -1.16. The molecule has 5 aromatic carbocycles. The van der Waals surface area contributed by atoms with E-state index in [0.29, 0.717) is 28.6 Å². The van der Waals surface area contributed by atoms with Crippen LogP contribution in [0.4, 0.5) is 17.1 Å². The van der Waals surface area contributed by atoms with Crippen LogP contribution in [-0.4, -0.2) is 5.97 Å². The number of fused-ring (bicyclic) bond motifs is 6. The molecule has 2 N–H and O–H groups in total. The largest absolute Gasteiger partial charge is 0.456 e. The van der Waals surface area contributed by atoms with Crippen LogP contribution in [0, 0.1) is 6.92 Å². The molecular formula is C34H25ClN2O3. The zero-order valence-electron chi connectivity index (χ0n) is 21.7. The maximum absolute atomic E-state index is 13.3. The van der Waals surface area contributed by atoms with E-state index in [0.717, 1.165) is 39.3 Å². The molecule has 2 heterocycles. The van der Waals surface area contributed by atoms with Gasteiger partial charge in [-0.25, -0.2) is 4.79 Å². The summed E-state index contributed by atoms with van der Waals surface area (Å²) in [5, 5.41) is 7.56. The van der Waals surface area contributed by atoms with Crippen LogP contribution in [0.1, 0.15) is 38.2 Å². The lowest BCUT2D eigenvalue weighted by atomic mass is 9.77. The van der Waals surface area contributed by atoms with E-state index in [1.54, 1.807) is 0 Å². The predicted molar refractivity (Wildman–Crippen MR) is 158 cm³/mol. The molecule has 5 aromatic rings. The molecule has 1 spiro atoms. The van der Waals surface area contributed by atoms with E-state index in [2.05, 4.69) is 22.8 Å². The van der Waals surface area contributed by atoms with E-state index in [1.165, 1.54) is 5.56 Å². The summed E-state index contributed by atoms with van der Waals surface area (Å²) < 4.78 is 13.0. The Labute approximate surface area is 237 Å². The highest BCUT2D eigenvalue weighted by Crippen LogP contribution is 2.58. The van der Waals surface area contributed by atoms with Crippen molar-refractivity contribution in [1.82, 2.24) is 0 Å². The van der Waals surface area contributed by atoms with Gasteiger partial charge in [0.1, 0.15) is 11.5 Å². The summed E-state index contributed by atoms with van der Waals surface area (Å²) in [6, 6.07) is 35.3. The number of carbonyl (C=O) groups excluding carboxylic acids is 1. The minimum absolute atomic E-state index is 0.359. The minimum Gasteiger partial charge on any atom is -0.456 e. The second-order valence-electron chi connectivity index (χ2n) is 9.99. The number of anilines is 3. The number of hydrogen-bond donors (Lipinski definition) is 2. The second-order valence-corrected chi connectivity index (χ2v) is 10.4. The van der Waals surface area contributed by atoms with Gasteiger partial charge in [-0.3, -0.25) is 0 Å². The van der Waals surface area contributed by atoms with Crippen molar-refractivity contribution in [2.24, 2.45) is 0 Å². The number of rotatable bonds is 5. The van der Waals surface area contributed by atoms with Crippen molar-refractivity contribution >= 4 is 34.6 Å². The third-order valence-electron chi connectivity index (χ3n) is 7.61. The maximum atomic E-state index is 13.3. The van der Waals surface area contributed by atoms with Crippen LogP contribution in [0.25, 0.3) is 0 Å². The Kier molecular flexibility index (Phi) is 5.76. The van der Waals surface area contributed by atoms with Crippen molar-refractivity contribution < 1.29 is 14.3 Å². The Morgan fingerprint density at radius 1 is 0.775 bits per heavy atom. The number of carbonyl (C=O) groups is 1. The van der Waals surface area contributed by atoms with Crippen molar-refractivity contribution in [3.63, 3.8) is 0 Å². The quantitative estimate of drug-likeness (QED) is 0.217. The van der Waals surface area contributed by atoms with Gasteiger partial charge in [0.05, 0.1) is 16.3 Å². The number of hydrogen-bond acceptors (Lipinski definition) is 5. The number of halogens is 1. The summed E-state index contributed by atoms with van der Waals surface area (Å²) in [4.78, 5) is 13.3. The summed E-state index contributed by atoms with van der Waals surface area (Å²) in [5.41, 5.74) is 6.39. The van der Waals surface area contributed by atoms with Crippen LogP contribution < -0.4 is 15.4 Å². The highest BCUT2D eigenvalue weighted by Gasteiger charge is 2.54. The zero-order chi connectivity index (χ0) is 27.3. The molecule has 2 aliphatic rings. The van der Waals surface area contributed by atoms with Crippen molar-refractivity contribution in [3.05, 3.63) is 148 Å². The average molecular weight is 545 g/mol. The van der Waals surface area contributed by atoms with Crippen LogP contribution >= 0.6 is 11.6 Å². The monoisotopic (exact) mass is 544 g/mol. The standard InChI is InChI=1S/C34H25ClN2O3/c1-21-29(36-20-22-9-3-2-4-10-22)17-16-26-32(21)39-31-18-15-23(37-30-14-8-7-13-28(30)35)19-27(31)34(26)25-12-6-5-11-24(25)33(38)40-34/h2-19,36-37H,20H2,1H3. The van der Waals surface area contributed by atoms with Gasteiger partial charge in [-0.1, -0.05) is 72.3 Å². The smallest absolute Gasteiger partial charge is 0.340 e. The third-order valence-corrected chi connectivity index (χ3v) is 7.94. The fourth-order valence-electron chi connectivity index (χ4n) is 5.65. The van der Waals surface area contributed by atoms with Crippen LogP contribution in [0.2, 0.25) is 5.02 Å². The topological polar surface area (TPSA) is 59.6 Å². The summed E-state index contributed by atoms with van der Waals surface area (Å²) in [6.07, 6.45) is 0. The van der Waals surface area contributed by atoms with Gasteiger partial charge in [0.2, 0.25) is 0 Å². The van der Waals surface area contributed by atoms with Gasteiger partial charge in [0.25, 0.3) is 0 Å². The zero-order valence-corrected chi connectivity index (χ0v) is 22.5. The lowest BCUT2D eigenvalue weighted by molar-refractivity contribution is 0.0224. The molecule has 6 heteroatoms. The highest BCUT2D eigenvalue weighted by atomic mass is 35.5. The maximum Gasteiger partial charge on any atom is 0.340 e. The molecule has 0 radical (unpaired) electrons.